The third-order valence-electron chi connectivity index (χ3n) is 3.63. The van der Waals surface area contributed by atoms with Crippen molar-refractivity contribution in [1.82, 2.24) is 5.32 Å². The third kappa shape index (κ3) is 2.74. The van der Waals surface area contributed by atoms with Crippen LogP contribution in [0.1, 0.15) is 44.9 Å². The molecular formula is C12H19NO3. The van der Waals surface area contributed by atoms with E-state index in [1.165, 1.54) is 6.42 Å². The zero-order valence-corrected chi connectivity index (χ0v) is 9.45. The van der Waals surface area contributed by atoms with Crippen LogP contribution in [0.25, 0.3) is 0 Å². The second kappa shape index (κ2) is 4.85. The maximum Gasteiger partial charge on any atom is 0.326 e. The van der Waals surface area contributed by atoms with Crippen molar-refractivity contribution in [2.75, 3.05) is 0 Å². The van der Waals surface area contributed by atoms with Crippen LogP contribution >= 0.6 is 0 Å². The average Bonchev–Trinajstić information content (AvgIpc) is 3.10. The number of rotatable bonds is 4. The van der Waals surface area contributed by atoms with E-state index in [1.807, 2.05) is 0 Å². The van der Waals surface area contributed by atoms with Crippen molar-refractivity contribution >= 4 is 11.9 Å². The van der Waals surface area contributed by atoms with Gasteiger partial charge in [-0.25, -0.2) is 4.79 Å². The van der Waals surface area contributed by atoms with E-state index in [-0.39, 0.29) is 17.7 Å². The van der Waals surface area contributed by atoms with Crippen LogP contribution in [0.3, 0.4) is 0 Å². The first-order valence-corrected chi connectivity index (χ1v) is 6.21. The number of amides is 1. The number of carboxylic acids is 1. The molecule has 0 radical (unpaired) electrons. The molecule has 2 rings (SSSR count). The molecule has 0 aromatic heterocycles. The molecule has 16 heavy (non-hydrogen) atoms. The largest absolute Gasteiger partial charge is 0.480 e. The van der Waals surface area contributed by atoms with Crippen LogP contribution in [0.4, 0.5) is 0 Å². The Morgan fingerprint density at radius 1 is 1.06 bits per heavy atom. The summed E-state index contributed by atoms with van der Waals surface area (Å²) in [6.07, 6.45) is 7.10. The predicted octanol–water partition coefficient (Wildman–Crippen LogP) is 1.55. The van der Waals surface area contributed by atoms with E-state index in [1.54, 1.807) is 0 Å². The molecule has 2 aliphatic rings. The Morgan fingerprint density at radius 2 is 1.69 bits per heavy atom. The number of carbonyl (C=O) groups excluding carboxylic acids is 1. The van der Waals surface area contributed by atoms with Gasteiger partial charge >= 0.3 is 5.97 Å². The van der Waals surface area contributed by atoms with Gasteiger partial charge in [-0.3, -0.25) is 4.79 Å². The van der Waals surface area contributed by atoms with E-state index in [0.29, 0.717) is 0 Å². The van der Waals surface area contributed by atoms with Crippen LogP contribution in [0.5, 0.6) is 0 Å². The van der Waals surface area contributed by atoms with E-state index in [2.05, 4.69) is 5.32 Å². The lowest BCUT2D eigenvalue weighted by molar-refractivity contribution is -0.143. The molecule has 0 aromatic carbocycles. The summed E-state index contributed by atoms with van der Waals surface area (Å²) in [6.45, 7) is 0. The SMILES string of the molecule is O=C(NC(C(=O)O)C1CC1)C1CCCCC1. The quantitative estimate of drug-likeness (QED) is 0.762. The summed E-state index contributed by atoms with van der Waals surface area (Å²) in [6, 6.07) is -0.644. The molecule has 90 valence electrons. The molecule has 1 atom stereocenters. The lowest BCUT2D eigenvalue weighted by atomic mass is 9.88. The minimum absolute atomic E-state index is 0.0426. The maximum atomic E-state index is 11.9. The van der Waals surface area contributed by atoms with Crippen LogP contribution in [-0.4, -0.2) is 23.0 Å². The molecule has 4 heteroatoms. The van der Waals surface area contributed by atoms with Crippen molar-refractivity contribution in [3.63, 3.8) is 0 Å². The third-order valence-corrected chi connectivity index (χ3v) is 3.63. The summed E-state index contributed by atoms with van der Waals surface area (Å²) in [5, 5.41) is 11.7. The molecule has 2 N–H and O–H groups in total. The Balaban J connectivity index is 1.86. The summed E-state index contributed by atoms with van der Waals surface area (Å²) in [4.78, 5) is 22.9. The van der Waals surface area contributed by atoms with E-state index in [9.17, 15) is 9.59 Å². The zero-order chi connectivity index (χ0) is 11.5. The van der Waals surface area contributed by atoms with Crippen molar-refractivity contribution in [3.05, 3.63) is 0 Å². The highest BCUT2D eigenvalue weighted by Crippen LogP contribution is 2.33. The minimum atomic E-state index is -0.883. The monoisotopic (exact) mass is 225 g/mol. The van der Waals surface area contributed by atoms with Crippen LogP contribution in [0, 0.1) is 11.8 Å². The fourth-order valence-corrected chi connectivity index (χ4v) is 2.45. The molecule has 0 aliphatic heterocycles. The molecule has 1 unspecified atom stereocenters. The van der Waals surface area contributed by atoms with Gasteiger partial charge in [0.1, 0.15) is 6.04 Å². The van der Waals surface area contributed by atoms with Gasteiger partial charge in [0.15, 0.2) is 0 Å². The highest BCUT2D eigenvalue weighted by atomic mass is 16.4. The summed E-state index contributed by atoms with van der Waals surface area (Å²) in [7, 11) is 0. The van der Waals surface area contributed by atoms with Crippen LogP contribution < -0.4 is 5.32 Å². The summed E-state index contributed by atoms with van der Waals surface area (Å²) in [5.41, 5.74) is 0. The Kier molecular flexibility index (Phi) is 3.46. The first kappa shape index (κ1) is 11.4. The average molecular weight is 225 g/mol. The molecular weight excluding hydrogens is 206 g/mol. The van der Waals surface area contributed by atoms with Gasteiger partial charge in [0.2, 0.25) is 5.91 Å². The van der Waals surface area contributed by atoms with E-state index in [0.717, 1.165) is 38.5 Å². The highest BCUT2D eigenvalue weighted by Gasteiger charge is 2.38. The van der Waals surface area contributed by atoms with Crippen LogP contribution in [0.15, 0.2) is 0 Å². The molecule has 0 saturated heterocycles. The number of aliphatic carboxylic acids is 1. The van der Waals surface area contributed by atoms with Gasteiger partial charge in [0.25, 0.3) is 0 Å². The molecule has 1 amide bonds. The molecule has 2 saturated carbocycles. The van der Waals surface area contributed by atoms with Crippen molar-refractivity contribution in [2.24, 2.45) is 11.8 Å². The van der Waals surface area contributed by atoms with Crippen molar-refractivity contribution in [2.45, 2.75) is 51.0 Å². The molecule has 2 fully saturated rings. The zero-order valence-electron chi connectivity index (χ0n) is 9.45. The predicted molar refractivity (Wildman–Crippen MR) is 58.9 cm³/mol. The Morgan fingerprint density at radius 3 is 2.19 bits per heavy atom. The number of carbonyl (C=O) groups is 2. The van der Waals surface area contributed by atoms with Gasteiger partial charge in [-0.1, -0.05) is 19.3 Å². The van der Waals surface area contributed by atoms with Gasteiger partial charge in [0, 0.05) is 5.92 Å². The lowest BCUT2D eigenvalue weighted by Gasteiger charge is -2.23. The topological polar surface area (TPSA) is 66.4 Å². The Hall–Kier alpha value is -1.06. The number of hydrogen-bond donors (Lipinski definition) is 2. The number of carboxylic acid groups (broad SMARTS) is 1. The summed E-state index contributed by atoms with van der Waals surface area (Å²) >= 11 is 0. The second-order valence-corrected chi connectivity index (χ2v) is 5.00. The van der Waals surface area contributed by atoms with Crippen LogP contribution in [-0.2, 0) is 9.59 Å². The van der Waals surface area contributed by atoms with Crippen molar-refractivity contribution in [1.29, 1.82) is 0 Å². The van der Waals surface area contributed by atoms with Crippen LogP contribution in [0.2, 0.25) is 0 Å². The van der Waals surface area contributed by atoms with Gasteiger partial charge in [-0.2, -0.15) is 0 Å². The van der Waals surface area contributed by atoms with Gasteiger partial charge in [0.05, 0.1) is 0 Å². The molecule has 0 heterocycles. The van der Waals surface area contributed by atoms with Gasteiger partial charge < -0.3 is 10.4 Å². The first-order valence-electron chi connectivity index (χ1n) is 6.21. The normalized spacial score (nSPS) is 23.8. The van der Waals surface area contributed by atoms with Crippen molar-refractivity contribution < 1.29 is 14.7 Å². The van der Waals surface area contributed by atoms with Gasteiger partial charge in [-0.05, 0) is 31.6 Å². The van der Waals surface area contributed by atoms with E-state index in [4.69, 9.17) is 5.11 Å². The van der Waals surface area contributed by atoms with Crippen molar-refractivity contribution in [3.8, 4) is 0 Å². The standard InChI is InChI=1S/C12H19NO3/c14-11(9-4-2-1-3-5-9)13-10(12(15)16)8-6-7-8/h8-10H,1-7H2,(H,13,14)(H,15,16). The fraction of sp³-hybridized carbons (Fsp3) is 0.833. The first-order chi connectivity index (χ1) is 7.68. The minimum Gasteiger partial charge on any atom is -0.480 e. The fourth-order valence-electron chi connectivity index (χ4n) is 2.45. The van der Waals surface area contributed by atoms with E-state index < -0.39 is 12.0 Å². The summed E-state index contributed by atoms with van der Waals surface area (Å²) < 4.78 is 0. The second-order valence-electron chi connectivity index (χ2n) is 5.00. The highest BCUT2D eigenvalue weighted by molar-refractivity contribution is 5.85. The van der Waals surface area contributed by atoms with E-state index >= 15 is 0 Å². The molecule has 0 bridgehead atoms. The summed E-state index contributed by atoms with van der Waals surface area (Å²) in [5.74, 6) is -0.704. The lowest BCUT2D eigenvalue weighted by Crippen LogP contribution is -2.45. The Bertz CT molecular complexity index is 280. The molecule has 2 aliphatic carbocycles. The Labute approximate surface area is 95.4 Å². The molecule has 4 nitrogen and oxygen atoms in total. The smallest absolute Gasteiger partial charge is 0.326 e. The molecule has 0 aromatic rings. The number of nitrogens with one attached hydrogen (secondary N) is 1. The van der Waals surface area contributed by atoms with Gasteiger partial charge in [-0.15, -0.1) is 0 Å². The maximum absolute atomic E-state index is 11.9. The number of hydrogen-bond acceptors (Lipinski definition) is 2. The molecule has 0 spiro atoms.